The third kappa shape index (κ3) is 4.17. The molecule has 0 spiro atoms. The van der Waals surface area contributed by atoms with Crippen molar-refractivity contribution in [1.29, 1.82) is 0 Å². The summed E-state index contributed by atoms with van der Waals surface area (Å²) in [5.41, 5.74) is 0. The highest BCUT2D eigenvalue weighted by Crippen LogP contribution is 2.22. The van der Waals surface area contributed by atoms with Gasteiger partial charge in [-0.1, -0.05) is 6.42 Å². The molecule has 0 aromatic carbocycles. The third-order valence-electron chi connectivity index (χ3n) is 5.21. The fourth-order valence-corrected chi connectivity index (χ4v) is 3.81. The van der Waals surface area contributed by atoms with E-state index >= 15 is 0 Å². The molecular weight excluding hydrogens is 250 g/mol. The average molecular weight is 281 g/mol. The van der Waals surface area contributed by atoms with E-state index in [1.165, 1.54) is 71.1 Å². The Hall–Kier alpha value is -0.160. The quantitative estimate of drug-likeness (QED) is 0.763. The van der Waals surface area contributed by atoms with Crippen LogP contribution in [0.3, 0.4) is 0 Å². The number of hydrogen-bond donors (Lipinski definition) is 2. The molecule has 0 bridgehead atoms. The first-order valence-electron chi connectivity index (χ1n) is 8.68. The van der Waals surface area contributed by atoms with Crippen molar-refractivity contribution in [3.8, 4) is 0 Å². The van der Waals surface area contributed by atoms with Gasteiger partial charge in [-0.05, 0) is 64.7 Å². The van der Waals surface area contributed by atoms with Crippen molar-refractivity contribution in [2.24, 2.45) is 0 Å². The maximum atomic E-state index is 9.49. The molecule has 2 N–H and O–H groups in total. The largest absolute Gasteiger partial charge is 0.395 e. The monoisotopic (exact) mass is 281 g/mol. The maximum absolute atomic E-state index is 9.49. The zero-order valence-electron chi connectivity index (χ0n) is 12.8. The van der Waals surface area contributed by atoms with E-state index < -0.39 is 0 Å². The van der Waals surface area contributed by atoms with Crippen LogP contribution in [0, 0.1) is 0 Å². The van der Waals surface area contributed by atoms with Crippen LogP contribution in [0.1, 0.15) is 44.9 Å². The molecule has 0 radical (unpaired) electrons. The van der Waals surface area contributed by atoms with Gasteiger partial charge in [0.15, 0.2) is 0 Å². The second-order valence-corrected chi connectivity index (χ2v) is 6.95. The second-order valence-electron chi connectivity index (χ2n) is 6.95. The minimum atomic E-state index is 0.280. The number of aliphatic hydroxyl groups is 1. The molecule has 0 amide bonds. The normalized spacial score (nSPS) is 28.6. The molecule has 1 unspecified atom stereocenters. The fourth-order valence-electron chi connectivity index (χ4n) is 3.81. The number of rotatable bonds is 6. The van der Waals surface area contributed by atoms with Gasteiger partial charge >= 0.3 is 0 Å². The summed E-state index contributed by atoms with van der Waals surface area (Å²) in [6, 6.07) is 1.81. The van der Waals surface area contributed by atoms with Gasteiger partial charge in [0.05, 0.1) is 6.61 Å². The smallest absolute Gasteiger partial charge is 0.0597 e. The van der Waals surface area contributed by atoms with Gasteiger partial charge < -0.3 is 20.2 Å². The lowest BCUT2D eigenvalue weighted by molar-refractivity contribution is 0.0825. The number of nitrogens with zero attached hydrogens (tertiary/aromatic N) is 2. The molecule has 3 aliphatic rings. The highest BCUT2D eigenvalue weighted by Gasteiger charge is 2.28. The van der Waals surface area contributed by atoms with Gasteiger partial charge in [-0.25, -0.2) is 0 Å². The summed E-state index contributed by atoms with van der Waals surface area (Å²) in [7, 11) is 0. The Balaban J connectivity index is 1.38. The zero-order valence-corrected chi connectivity index (χ0v) is 12.8. The van der Waals surface area contributed by atoms with E-state index in [0.717, 1.165) is 12.6 Å². The van der Waals surface area contributed by atoms with Crippen molar-refractivity contribution in [1.82, 2.24) is 15.1 Å². The summed E-state index contributed by atoms with van der Waals surface area (Å²) in [4.78, 5) is 5.28. The summed E-state index contributed by atoms with van der Waals surface area (Å²) in [5.74, 6) is 0. The van der Waals surface area contributed by atoms with Gasteiger partial charge in [0.1, 0.15) is 0 Å². The van der Waals surface area contributed by atoms with E-state index in [1.54, 1.807) is 0 Å². The Morgan fingerprint density at radius 1 is 0.950 bits per heavy atom. The molecule has 0 aromatic rings. The Bertz CT molecular complexity index is 281. The van der Waals surface area contributed by atoms with Crippen molar-refractivity contribution >= 4 is 0 Å². The van der Waals surface area contributed by atoms with Crippen molar-refractivity contribution in [3.63, 3.8) is 0 Å². The predicted octanol–water partition coefficient (Wildman–Crippen LogP) is 1.05. The van der Waals surface area contributed by atoms with Gasteiger partial charge in [-0.2, -0.15) is 0 Å². The SMILES string of the molecule is OCC(CN1CCC(N2CCCCC2)CC1)NC1CC1. The van der Waals surface area contributed by atoms with Crippen molar-refractivity contribution in [2.75, 3.05) is 39.3 Å². The first-order chi connectivity index (χ1) is 9.85. The maximum Gasteiger partial charge on any atom is 0.0597 e. The molecule has 2 aliphatic heterocycles. The standard InChI is InChI=1S/C16H31N3O/c20-13-15(17-14-4-5-14)12-18-10-6-16(7-11-18)19-8-2-1-3-9-19/h14-17,20H,1-13H2. The molecule has 1 saturated carbocycles. The predicted molar refractivity (Wildman–Crippen MR) is 81.9 cm³/mol. The molecule has 4 nitrogen and oxygen atoms in total. The number of nitrogens with one attached hydrogen (secondary N) is 1. The molecule has 3 rings (SSSR count). The first kappa shape index (κ1) is 14.8. The van der Waals surface area contributed by atoms with Crippen LogP contribution in [0.15, 0.2) is 0 Å². The van der Waals surface area contributed by atoms with E-state index in [-0.39, 0.29) is 12.6 Å². The van der Waals surface area contributed by atoms with Crippen molar-refractivity contribution in [2.45, 2.75) is 63.1 Å². The first-order valence-corrected chi connectivity index (χ1v) is 8.68. The summed E-state index contributed by atoms with van der Waals surface area (Å²) in [5, 5.41) is 13.1. The van der Waals surface area contributed by atoms with Crippen molar-refractivity contribution < 1.29 is 5.11 Å². The number of likely N-dealkylation sites (tertiary alicyclic amines) is 2. The average Bonchev–Trinajstić information content (AvgIpc) is 3.32. The van der Waals surface area contributed by atoms with E-state index in [2.05, 4.69) is 15.1 Å². The zero-order chi connectivity index (χ0) is 13.8. The van der Waals surface area contributed by atoms with E-state index in [0.29, 0.717) is 6.04 Å². The Morgan fingerprint density at radius 3 is 2.25 bits per heavy atom. The van der Waals surface area contributed by atoms with E-state index in [9.17, 15) is 5.11 Å². The van der Waals surface area contributed by atoms with Gasteiger partial charge in [-0.15, -0.1) is 0 Å². The Labute approximate surface area is 123 Å². The van der Waals surface area contributed by atoms with Crippen LogP contribution >= 0.6 is 0 Å². The highest BCUT2D eigenvalue weighted by molar-refractivity contribution is 4.88. The molecule has 3 fully saturated rings. The van der Waals surface area contributed by atoms with E-state index in [1.807, 2.05) is 0 Å². The summed E-state index contributed by atoms with van der Waals surface area (Å²) in [6.07, 6.45) is 9.47. The topological polar surface area (TPSA) is 38.7 Å². The number of hydrogen-bond acceptors (Lipinski definition) is 4. The highest BCUT2D eigenvalue weighted by atomic mass is 16.3. The van der Waals surface area contributed by atoms with Crippen LogP contribution in [0.2, 0.25) is 0 Å². The van der Waals surface area contributed by atoms with Crippen LogP contribution < -0.4 is 5.32 Å². The molecule has 4 heteroatoms. The third-order valence-corrected chi connectivity index (χ3v) is 5.21. The molecule has 116 valence electrons. The van der Waals surface area contributed by atoms with Gasteiger partial charge in [0, 0.05) is 24.7 Å². The minimum Gasteiger partial charge on any atom is -0.395 e. The second kappa shape index (κ2) is 7.21. The lowest BCUT2D eigenvalue weighted by Gasteiger charge is -2.41. The van der Waals surface area contributed by atoms with Gasteiger partial charge in [0.2, 0.25) is 0 Å². The molecule has 1 aliphatic carbocycles. The number of piperidine rings is 2. The minimum absolute atomic E-state index is 0.280. The van der Waals surface area contributed by atoms with Crippen molar-refractivity contribution in [3.05, 3.63) is 0 Å². The molecule has 2 heterocycles. The summed E-state index contributed by atoms with van der Waals surface area (Å²) >= 11 is 0. The Morgan fingerprint density at radius 2 is 1.65 bits per heavy atom. The molecular formula is C16H31N3O. The van der Waals surface area contributed by atoms with Crippen LogP contribution in [0.4, 0.5) is 0 Å². The van der Waals surface area contributed by atoms with E-state index in [4.69, 9.17) is 0 Å². The van der Waals surface area contributed by atoms with Gasteiger partial charge in [-0.3, -0.25) is 0 Å². The van der Waals surface area contributed by atoms with Crippen LogP contribution in [-0.2, 0) is 0 Å². The number of aliphatic hydroxyl groups excluding tert-OH is 1. The van der Waals surface area contributed by atoms with Gasteiger partial charge in [0.25, 0.3) is 0 Å². The summed E-state index contributed by atoms with van der Waals surface area (Å²) < 4.78 is 0. The fraction of sp³-hybridized carbons (Fsp3) is 1.00. The Kier molecular flexibility index (Phi) is 5.32. The summed E-state index contributed by atoms with van der Waals surface area (Å²) in [6.45, 7) is 6.39. The molecule has 20 heavy (non-hydrogen) atoms. The van der Waals surface area contributed by atoms with Crippen LogP contribution in [-0.4, -0.2) is 72.4 Å². The van der Waals surface area contributed by atoms with Crippen LogP contribution in [0.5, 0.6) is 0 Å². The lowest BCUT2D eigenvalue weighted by Crippen LogP contribution is -2.50. The molecule has 0 aromatic heterocycles. The lowest BCUT2D eigenvalue weighted by atomic mass is 9.99. The van der Waals surface area contributed by atoms with Crippen LogP contribution in [0.25, 0.3) is 0 Å². The molecule has 1 atom stereocenters. The molecule has 2 saturated heterocycles.